The molecule has 0 aliphatic carbocycles. The maximum absolute atomic E-state index is 15.0. The van der Waals surface area contributed by atoms with Gasteiger partial charge in [0.1, 0.15) is 12.2 Å². The summed E-state index contributed by atoms with van der Waals surface area (Å²) in [5.41, 5.74) is 4.06. The summed E-state index contributed by atoms with van der Waals surface area (Å²) in [6, 6.07) is 23.7. The second kappa shape index (κ2) is 12.6. The van der Waals surface area contributed by atoms with Crippen LogP contribution < -0.4 is 20.3 Å². The highest BCUT2D eigenvalue weighted by molar-refractivity contribution is 7.27. The SMILES string of the molecule is CCCc1ccc(-c2cc3nccc(Oc4ccc(NC(=O)CC(=O)N(C)c5ccc(P)cc5)cc4F)c3s2)cc1. The third kappa shape index (κ3) is 6.79. The molecule has 208 valence electrons. The fourth-order valence-corrected chi connectivity index (χ4v) is 5.61. The van der Waals surface area contributed by atoms with Gasteiger partial charge in [-0.3, -0.25) is 14.6 Å². The second-order valence-electron chi connectivity index (χ2n) is 9.60. The van der Waals surface area contributed by atoms with Crippen LogP contribution in [0.2, 0.25) is 0 Å². The summed E-state index contributed by atoms with van der Waals surface area (Å²) in [6.07, 6.45) is 3.40. The fourth-order valence-electron chi connectivity index (χ4n) is 4.34. The summed E-state index contributed by atoms with van der Waals surface area (Å²) in [6.45, 7) is 2.16. The predicted octanol–water partition coefficient (Wildman–Crippen LogP) is 7.34. The molecule has 5 aromatic rings. The molecule has 5 rings (SSSR count). The molecule has 0 fully saturated rings. The van der Waals surface area contributed by atoms with Crippen molar-refractivity contribution >= 4 is 59.3 Å². The second-order valence-corrected chi connectivity index (χ2v) is 11.3. The monoisotopic (exact) mass is 585 g/mol. The van der Waals surface area contributed by atoms with Crippen molar-refractivity contribution in [1.29, 1.82) is 0 Å². The van der Waals surface area contributed by atoms with E-state index in [2.05, 4.69) is 50.7 Å². The van der Waals surface area contributed by atoms with Crippen LogP contribution in [0.15, 0.2) is 85.1 Å². The van der Waals surface area contributed by atoms with Gasteiger partial charge < -0.3 is 15.0 Å². The standard InChI is InChI=1S/C32H29FN3O3PS/c1-3-4-20-5-7-21(8-6-20)29-18-26-32(41-29)28(15-16-34-26)39-27-14-9-22(17-25(27)33)35-30(37)19-31(38)36(2)23-10-12-24(40)13-11-23/h5-18H,3-4,19,40H2,1-2H3,(H,35,37). The van der Waals surface area contributed by atoms with Gasteiger partial charge in [0.05, 0.1) is 10.2 Å². The number of nitrogens with zero attached hydrogens (tertiary/aromatic N) is 2. The number of nitrogens with one attached hydrogen (secondary N) is 1. The van der Waals surface area contributed by atoms with Crippen LogP contribution in [0.4, 0.5) is 15.8 Å². The van der Waals surface area contributed by atoms with Gasteiger partial charge in [-0.15, -0.1) is 20.6 Å². The molecule has 1 unspecified atom stereocenters. The molecule has 0 spiro atoms. The maximum Gasteiger partial charge on any atom is 0.236 e. The van der Waals surface area contributed by atoms with E-state index in [-0.39, 0.29) is 23.8 Å². The number of carbonyl (C=O) groups is 2. The quantitative estimate of drug-likeness (QED) is 0.145. The van der Waals surface area contributed by atoms with Crippen molar-refractivity contribution in [3.8, 4) is 21.9 Å². The number of halogens is 1. The highest BCUT2D eigenvalue weighted by Gasteiger charge is 2.17. The minimum atomic E-state index is -0.642. The number of ether oxygens (including phenoxy) is 1. The van der Waals surface area contributed by atoms with Crippen LogP contribution in [0.25, 0.3) is 20.7 Å². The first-order valence-corrected chi connectivity index (χ1v) is 14.6. The molecule has 41 heavy (non-hydrogen) atoms. The number of anilines is 2. The van der Waals surface area contributed by atoms with Gasteiger partial charge in [-0.1, -0.05) is 49.7 Å². The van der Waals surface area contributed by atoms with E-state index >= 15 is 4.39 Å². The number of fused-ring (bicyclic) bond motifs is 1. The molecule has 2 amide bonds. The van der Waals surface area contributed by atoms with E-state index in [1.807, 2.05) is 18.2 Å². The van der Waals surface area contributed by atoms with Gasteiger partial charge in [-0.05, 0) is 53.2 Å². The zero-order valence-corrected chi connectivity index (χ0v) is 24.7. The largest absolute Gasteiger partial charge is 0.453 e. The molecule has 0 bridgehead atoms. The summed E-state index contributed by atoms with van der Waals surface area (Å²) in [5.74, 6) is -1.05. The molecule has 0 saturated heterocycles. The normalized spacial score (nSPS) is 10.9. The van der Waals surface area contributed by atoms with Crippen molar-refractivity contribution in [3.63, 3.8) is 0 Å². The van der Waals surface area contributed by atoms with Crippen molar-refractivity contribution in [1.82, 2.24) is 4.98 Å². The number of thiophene rings is 1. The molecule has 1 N–H and O–H groups in total. The number of pyridine rings is 1. The lowest BCUT2D eigenvalue weighted by atomic mass is 10.1. The molecule has 2 aromatic heterocycles. The molecule has 0 aliphatic heterocycles. The number of hydrogen-bond acceptors (Lipinski definition) is 5. The molecule has 0 saturated carbocycles. The van der Waals surface area contributed by atoms with Crippen molar-refractivity contribution < 1.29 is 18.7 Å². The Bertz CT molecular complexity index is 1700. The lowest BCUT2D eigenvalue weighted by Crippen LogP contribution is -2.30. The van der Waals surface area contributed by atoms with E-state index in [4.69, 9.17) is 4.74 Å². The van der Waals surface area contributed by atoms with E-state index in [1.54, 1.807) is 31.4 Å². The molecular formula is C32H29FN3O3PS. The number of hydrogen-bond donors (Lipinski definition) is 1. The number of carbonyl (C=O) groups excluding carboxylic acids is 2. The first-order valence-electron chi connectivity index (χ1n) is 13.2. The smallest absolute Gasteiger partial charge is 0.236 e. The highest BCUT2D eigenvalue weighted by atomic mass is 32.1. The fraction of sp³-hybridized carbons (Fsp3) is 0.156. The number of aromatic nitrogens is 1. The van der Waals surface area contributed by atoms with Crippen LogP contribution in [0.3, 0.4) is 0 Å². The maximum atomic E-state index is 15.0. The van der Waals surface area contributed by atoms with Gasteiger partial charge in [0.15, 0.2) is 11.6 Å². The molecule has 9 heteroatoms. The average molecular weight is 586 g/mol. The summed E-state index contributed by atoms with van der Waals surface area (Å²) in [5, 5.41) is 3.58. The van der Waals surface area contributed by atoms with Crippen LogP contribution in [0, 0.1) is 5.82 Å². The molecule has 1 atom stereocenters. The molecule has 6 nitrogen and oxygen atoms in total. The van der Waals surface area contributed by atoms with E-state index in [0.717, 1.165) is 38.8 Å². The Kier molecular flexibility index (Phi) is 8.72. The minimum Gasteiger partial charge on any atom is -0.453 e. The van der Waals surface area contributed by atoms with Crippen molar-refractivity contribution in [2.24, 2.45) is 0 Å². The summed E-state index contributed by atoms with van der Waals surface area (Å²) < 4.78 is 21.8. The average Bonchev–Trinajstić information content (AvgIpc) is 3.40. The minimum absolute atomic E-state index is 0.0164. The molecule has 3 aromatic carbocycles. The molecule has 0 aliphatic rings. The Morgan fingerprint density at radius 3 is 2.46 bits per heavy atom. The van der Waals surface area contributed by atoms with Crippen LogP contribution >= 0.6 is 20.6 Å². The zero-order chi connectivity index (χ0) is 28.9. The number of rotatable bonds is 9. The topological polar surface area (TPSA) is 71.5 Å². The number of aryl methyl sites for hydroxylation is 1. The van der Waals surface area contributed by atoms with Crippen LogP contribution in [0.1, 0.15) is 25.3 Å². The van der Waals surface area contributed by atoms with Crippen molar-refractivity contribution in [3.05, 3.63) is 96.4 Å². The van der Waals surface area contributed by atoms with E-state index in [1.165, 1.54) is 40.0 Å². The molecule has 2 heterocycles. The third-order valence-corrected chi connectivity index (χ3v) is 8.13. The van der Waals surface area contributed by atoms with E-state index in [0.29, 0.717) is 11.4 Å². The predicted molar refractivity (Wildman–Crippen MR) is 168 cm³/mol. The van der Waals surface area contributed by atoms with E-state index in [9.17, 15) is 9.59 Å². The van der Waals surface area contributed by atoms with Crippen molar-refractivity contribution in [2.75, 3.05) is 17.3 Å². The van der Waals surface area contributed by atoms with E-state index < -0.39 is 11.7 Å². The van der Waals surface area contributed by atoms with Gasteiger partial charge in [-0.2, -0.15) is 0 Å². The zero-order valence-electron chi connectivity index (χ0n) is 22.7. The van der Waals surface area contributed by atoms with Gasteiger partial charge in [0.2, 0.25) is 11.8 Å². The molecule has 0 radical (unpaired) electrons. The summed E-state index contributed by atoms with van der Waals surface area (Å²) in [7, 11) is 4.18. The Morgan fingerprint density at radius 2 is 1.76 bits per heavy atom. The number of benzene rings is 3. The molecular weight excluding hydrogens is 556 g/mol. The van der Waals surface area contributed by atoms with Crippen LogP contribution in [-0.4, -0.2) is 23.8 Å². The Hall–Kier alpha value is -4.13. The highest BCUT2D eigenvalue weighted by Crippen LogP contribution is 2.39. The Balaban J connectivity index is 1.26. The summed E-state index contributed by atoms with van der Waals surface area (Å²) >= 11 is 1.54. The van der Waals surface area contributed by atoms with Crippen LogP contribution in [-0.2, 0) is 16.0 Å². The first kappa shape index (κ1) is 28.4. The Morgan fingerprint density at radius 1 is 1.00 bits per heavy atom. The lowest BCUT2D eigenvalue weighted by molar-refractivity contribution is -0.125. The van der Waals surface area contributed by atoms with Crippen LogP contribution in [0.5, 0.6) is 11.5 Å². The number of amides is 2. The first-order chi connectivity index (χ1) is 19.8. The Labute approximate surface area is 244 Å². The van der Waals surface area contributed by atoms with Gasteiger partial charge >= 0.3 is 0 Å². The van der Waals surface area contributed by atoms with Gasteiger partial charge in [0.25, 0.3) is 0 Å². The van der Waals surface area contributed by atoms with Gasteiger partial charge in [0, 0.05) is 41.6 Å². The van der Waals surface area contributed by atoms with Gasteiger partial charge in [-0.25, -0.2) is 4.39 Å². The van der Waals surface area contributed by atoms with Crippen molar-refractivity contribution in [2.45, 2.75) is 26.2 Å². The lowest BCUT2D eigenvalue weighted by Gasteiger charge is -2.17. The summed E-state index contributed by atoms with van der Waals surface area (Å²) in [4.78, 5) is 32.0. The third-order valence-electron chi connectivity index (χ3n) is 6.55.